The molecule has 0 bridgehead atoms. The maximum absolute atomic E-state index is 12.1. The predicted octanol–water partition coefficient (Wildman–Crippen LogP) is 3.36. The van der Waals surface area contributed by atoms with Crippen LogP contribution in [0.5, 0.6) is 11.5 Å². The zero-order valence-electron chi connectivity index (χ0n) is 14.4. The number of hydrogen-bond donors (Lipinski definition) is 2. The van der Waals surface area contributed by atoms with Gasteiger partial charge in [-0.1, -0.05) is 25.8 Å². The van der Waals surface area contributed by atoms with Gasteiger partial charge in [0.05, 0.1) is 6.04 Å². The lowest BCUT2D eigenvalue weighted by Gasteiger charge is -2.22. The van der Waals surface area contributed by atoms with Crippen molar-refractivity contribution in [1.82, 2.24) is 5.32 Å². The first kappa shape index (κ1) is 20.6. The van der Waals surface area contributed by atoms with E-state index >= 15 is 0 Å². The van der Waals surface area contributed by atoms with Gasteiger partial charge >= 0.3 is 0 Å². The lowest BCUT2D eigenvalue weighted by molar-refractivity contribution is -0.122. The highest BCUT2D eigenvalue weighted by Gasteiger charge is 2.17. The van der Waals surface area contributed by atoms with Gasteiger partial charge in [-0.3, -0.25) is 4.79 Å². The van der Waals surface area contributed by atoms with Gasteiger partial charge < -0.3 is 20.5 Å². The first-order valence-corrected chi connectivity index (χ1v) is 8.63. The minimum absolute atomic E-state index is 0. The Morgan fingerprint density at radius 2 is 1.88 bits per heavy atom. The van der Waals surface area contributed by atoms with E-state index in [0.717, 1.165) is 55.7 Å². The second kappa shape index (κ2) is 11.2. The molecule has 1 aromatic rings. The Morgan fingerprint density at radius 1 is 1.17 bits per heavy atom. The molecule has 0 saturated carbocycles. The molecule has 0 radical (unpaired) electrons. The SMILES string of the molecule is CCC(NC(=O)CCCCCCN)c1ccc2c(c1)OCCO2.Cl. The summed E-state index contributed by atoms with van der Waals surface area (Å²) >= 11 is 0. The molecule has 136 valence electrons. The Balaban J connectivity index is 0.00000288. The third kappa shape index (κ3) is 6.21. The zero-order valence-corrected chi connectivity index (χ0v) is 15.2. The van der Waals surface area contributed by atoms with Crippen molar-refractivity contribution < 1.29 is 14.3 Å². The lowest BCUT2D eigenvalue weighted by atomic mass is 10.0. The predicted molar refractivity (Wildman–Crippen MR) is 98.0 cm³/mol. The van der Waals surface area contributed by atoms with Crippen LogP contribution in [-0.2, 0) is 4.79 Å². The van der Waals surface area contributed by atoms with E-state index in [1.54, 1.807) is 0 Å². The molecule has 1 heterocycles. The Morgan fingerprint density at radius 3 is 2.58 bits per heavy atom. The van der Waals surface area contributed by atoms with Crippen LogP contribution in [0.25, 0.3) is 0 Å². The minimum atomic E-state index is 0. The van der Waals surface area contributed by atoms with Crippen molar-refractivity contribution in [2.24, 2.45) is 5.73 Å². The summed E-state index contributed by atoms with van der Waals surface area (Å²) < 4.78 is 11.2. The number of nitrogens with one attached hydrogen (secondary N) is 1. The van der Waals surface area contributed by atoms with Gasteiger partial charge in [-0.15, -0.1) is 12.4 Å². The van der Waals surface area contributed by atoms with Crippen LogP contribution in [0.1, 0.15) is 57.1 Å². The van der Waals surface area contributed by atoms with Gasteiger partial charge in [-0.25, -0.2) is 0 Å². The highest BCUT2D eigenvalue weighted by Crippen LogP contribution is 2.33. The molecule has 0 aromatic heterocycles. The molecule has 0 fully saturated rings. The number of fused-ring (bicyclic) bond motifs is 1. The number of amides is 1. The van der Waals surface area contributed by atoms with Gasteiger partial charge in [-0.05, 0) is 43.5 Å². The maximum atomic E-state index is 12.1. The number of benzene rings is 1. The maximum Gasteiger partial charge on any atom is 0.220 e. The third-order valence-corrected chi connectivity index (χ3v) is 4.07. The molecule has 24 heavy (non-hydrogen) atoms. The Labute approximate surface area is 150 Å². The van der Waals surface area contributed by atoms with Crippen molar-refractivity contribution in [1.29, 1.82) is 0 Å². The van der Waals surface area contributed by atoms with Crippen molar-refractivity contribution in [3.05, 3.63) is 23.8 Å². The highest BCUT2D eigenvalue weighted by atomic mass is 35.5. The van der Waals surface area contributed by atoms with Crippen LogP contribution in [0, 0.1) is 0 Å². The third-order valence-electron chi connectivity index (χ3n) is 4.07. The molecule has 0 aliphatic carbocycles. The minimum Gasteiger partial charge on any atom is -0.486 e. The number of hydrogen-bond acceptors (Lipinski definition) is 4. The summed E-state index contributed by atoms with van der Waals surface area (Å²) in [5.74, 6) is 1.66. The highest BCUT2D eigenvalue weighted by molar-refractivity contribution is 5.85. The number of ether oxygens (including phenoxy) is 2. The standard InChI is InChI=1S/C18H28N2O3.ClH/c1-2-15(20-18(21)7-5-3-4-6-10-19)14-8-9-16-17(13-14)23-12-11-22-16;/h8-9,13,15H,2-7,10-12,19H2,1H3,(H,20,21);1H. The van der Waals surface area contributed by atoms with E-state index in [1.807, 2.05) is 18.2 Å². The molecule has 2 rings (SSSR count). The van der Waals surface area contributed by atoms with E-state index < -0.39 is 0 Å². The number of rotatable bonds is 9. The van der Waals surface area contributed by atoms with Gasteiger partial charge in [0.25, 0.3) is 0 Å². The summed E-state index contributed by atoms with van der Waals surface area (Å²) in [6.45, 7) is 3.96. The van der Waals surface area contributed by atoms with E-state index in [0.29, 0.717) is 19.6 Å². The van der Waals surface area contributed by atoms with Crippen molar-refractivity contribution in [3.63, 3.8) is 0 Å². The summed E-state index contributed by atoms with van der Waals surface area (Å²) in [6, 6.07) is 5.92. The van der Waals surface area contributed by atoms with Gasteiger partial charge in [0.1, 0.15) is 13.2 Å². The van der Waals surface area contributed by atoms with Crippen LogP contribution in [0.3, 0.4) is 0 Å². The summed E-state index contributed by atoms with van der Waals surface area (Å²) in [4.78, 5) is 12.1. The van der Waals surface area contributed by atoms with Crippen molar-refractivity contribution in [3.8, 4) is 11.5 Å². The van der Waals surface area contributed by atoms with Crippen LogP contribution in [0.4, 0.5) is 0 Å². The molecule has 1 aliphatic heterocycles. The second-order valence-electron chi connectivity index (χ2n) is 5.88. The number of nitrogens with two attached hydrogens (primary N) is 1. The summed E-state index contributed by atoms with van der Waals surface area (Å²) in [5, 5.41) is 3.12. The quantitative estimate of drug-likeness (QED) is 0.665. The first-order valence-electron chi connectivity index (χ1n) is 8.63. The molecule has 1 atom stereocenters. The van der Waals surface area contributed by atoms with Crippen LogP contribution in [0.15, 0.2) is 18.2 Å². The van der Waals surface area contributed by atoms with Crippen LogP contribution in [-0.4, -0.2) is 25.7 Å². The van der Waals surface area contributed by atoms with Gasteiger partial charge in [0.15, 0.2) is 11.5 Å². The largest absolute Gasteiger partial charge is 0.486 e. The first-order chi connectivity index (χ1) is 11.2. The van der Waals surface area contributed by atoms with E-state index in [4.69, 9.17) is 15.2 Å². The van der Waals surface area contributed by atoms with Crippen molar-refractivity contribution in [2.75, 3.05) is 19.8 Å². The van der Waals surface area contributed by atoms with E-state index in [2.05, 4.69) is 12.2 Å². The van der Waals surface area contributed by atoms with Gasteiger partial charge in [0, 0.05) is 6.42 Å². The van der Waals surface area contributed by atoms with Gasteiger partial charge in [0.2, 0.25) is 5.91 Å². The Kier molecular flexibility index (Phi) is 9.57. The molecule has 1 unspecified atom stereocenters. The normalized spacial score (nSPS) is 13.8. The van der Waals surface area contributed by atoms with Gasteiger partial charge in [-0.2, -0.15) is 0 Å². The van der Waals surface area contributed by atoms with E-state index in [9.17, 15) is 4.79 Å². The monoisotopic (exact) mass is 356 g/mol. The van der Waals surface area contributed by atoms with Crippen molar-refractivity contribution >= 4 is 18.3 Å². The zero-order chi connectivity index (χ0) is 16.5. The molecule has 1 aliphatic rings. The van der Waals surface area contributed by atoms with E-state index in [-0.39, 0.29) is 24.4 Å². The molecule has 1 aromatic carbocycles. The average molecular weight is 357 g/mol. The number of carbonyl (C=O) groups excluding carboxylic acids is 1. The van der Waals surface area contributed by atoms with Crippen LogP contribution in [0.2, 0.25) is 0 Å². The fraction of sp³-hybridized carbons (Fsp3) is 0.611. The fourth-order valence-corrected chi connectivity index (χ4v) is 2.75. The smallest absolute Gasteiger partial charge is 0.220 e. The molecular formula is C18H29ClN2O3. The Hall–Kier alpha value is -1.46. The summed E-state index contributed by atoms with van der Waals surface area (Å²) in [5.41, 5.74) is 6.53. The fourth-order valence-electron chi connectivity index (χ4n) is 2.75. The summed E-state index contributed by atoms with van der Waals surface area (Å²) in [7, 11) is 0. The molecular weight excluding hydrogens is 328 g/mol. The number of unbranched alkanes of at least 4 members (excludes halogenated alkanes) is 3. The van der Waals surface area contributed by atoms with Crippen LogP contribution < -0.4 is 20.5 Å². The average Bonchev–Trinajstić information content (AvgIpc) is 2.59. The second-order valence-corrected chi connectivity index (χ2v) is 5.88. The molecule has 1 amide bonds. The van der Waals surface area contributed by atoms with Crippen molar-refractivity contribution in [2.45, 2.75) is 51.5 Å². The lowest BCUT2D eigenvalue weighted by Crippen LogP contribution is -2.28. The molecule has 0 spiro atoms. The molecule has 5 nitrogen and oxygen atoms in total. The number of halogens is 1. The number of carbonyl (C=O) groups is 1. The topological polar surface area (TPSA) is 73.6 Å². The summed E-state index contributed by atoms with van der Waals surface area (Å²) in [6.07, 6.45) is 5.54. The molecule has 0 saturated heterocycles. The van der Waals surface area contributed by atoms with E-state index in [1.165, 1.54) is 0 Å². The molecule has 3 N–H and O–H groups in total. The Bertz CT molecular complexity index is 511. The van der Waals surface area contributed by atoms with Crippen LogP contribution >= 0.6 is 12.4 Å². The molecule has 6 heteroatoms.